The van der Waals surface area contributed by atoms with Gasteiger partial charge in [-0.05, 0) is 60.9 Å². The fraction of sp³-hybridized carbons (Fsp3) is 0.111. The minimum atomic E-state index is -0.613. The molecule has 174 valence electrons. The van der Waals surface area contributed by atoms with Crippen molar-refractivity contribution < 1.29 is 9.53 Å². The Hall–Kier alpha value is -4.41. The number of carbonyl (C=O) groups excluding carboxylic acids is 1. The summed E-state index contributed by atoms with van der Waals surface area (Å²) >= 11 is 6.12. The van der Waals surface area contributed by atoms with E-state index in [2.05, 4.69) is 10.3 Å². The number of nitrogens with one attached hydrogen (secondary N) is 1. The van der Waals surface area contributed by atoms with Gasteiger partial charge in [0.2, 0.25) is 5.88 Å². The first kappa shape index (κ1) is 23.7. The molecule has 0 saturated carbocycles. The lowest BCUT2D eigenvalue weighted by molar-refractivity contribution is -0.117. The summed E-state index contributed by atoms with van der Waals surface area (Å²) in [4.78, 5) is 30.7. The number of hydrogen-bond donors (Lipinski definition) is 1. The van der Waals surface area contributed by atoms with Crippen LogP contribution in [0.1, 0.15) is 22.3 Å². The third-order valence-corrected chi connectivity index (χ3v) is 5.77. The summed E-state index contributed by atoms with van der Waals surface area (Å²) in [6, 6.07) is 19.8. The van der Waals surface area contributed by atoms with Crippen molar-refractivity contribution in [2.24, 2.45) is 0 Å². The van der Waals surface area contributed by atoms with E-state index in [-0.39, 0.29) is 23.6 Å². The maximum atomic E-state index is 13.4. The average Bonchev–Trinajstić information content (AvgIpc) is 2.86. The first-order valence-electron chi connectivity index (χ1n) is 10.8. The second kappa shape index (κ2) is 10.2. The molecule has 2 aromatic heterocycles. The minimum Gasteiger partial charge on any atom is -0.438 e. The minimum absolute atomic E-state index is 0.0189. The molecule has 0 bridgehead atoms. The fourth-order valence-electron chi connectivity index (χ4n) is 3.45. The van der Waals surface area contributed by atoms with Crippen LogP contribution in [0.3, 0.4) is 0 Å². The van der Waals surface area contributed by atoms with Gasteiger partial charge in [0.05, 0.1) is 0 Å². The van der Waals surface area contributed by atoms with Gasteiger partial charge in [0.25, 0.3) is 11.5 Å². The van der Waals surface area contributed by atoms with E-state index in [4.69, 9.17) is 16.3 Å². The highest BCUT2D eigenvalue weighted by Gasteiger charge is 2.18. The van der Waals surface area contributed by atoms with E-state index in [1.165, 1.54) is 10.5 Å². The van der Waals surface area contributed by atoms with Crippen LogP contribution < -0.4 is 15.6 Å². The van der Waals surface area contributed by atoms with Crippen LogP contribution >= 0.6 is 11.6 Å². The van der Waals surface area contributed by atoms with Crippen LogP contribution in [0.2, 0.25) is 5.02 Å². The average molecular weight is 485 g/mol. The van der Waals surface area contributed by atoms with Crippen molar-refractivity contribution in [1.82, 2.24) is 14.7 Å². The maximum Gasteiger partial charge on any atom is 0.269 e. The molecule has 1 amide bonds. The number of rotatable bonds is 6. The number of hydrogen-bond acceptors (Lipinski definition) is 5. The molecule has 0 aliphatic rings. The fourth-order valence-corrected chi connectivity index (χ4v) is 3.57. The van der Waals surface area contributed by atoms with Crippen molar-refractivity contribution in [3.63, 3.8) is 0 Å². The zero-order chi connectivity index (χ0) is 24.9. The Kier molecular flexibility index (Phi) is 6.95. The summed E-state index contributed by atoms with van der Waals surface area (Å²) in [5.41, 5.74) is 2.09. The number of carbonyl (C=O) groups is 1. The van der Waals surface area contributed by atoms with Crippen LogP contribution in [0.25, 0.3) is 11.7 Å². The van der Waals surface area contributed by atoms with Crippen LogP contribution in [0.15, 0.2) is 77.2 Å². The van der Waals surface area contributed by atoms with Gasteiger partial charge in [-0.2, -0.15) is 10.2 Å². The number of halogens is 1. The van der Waals surface area contributed by atoms with E-state index in [1.807, 2.05) is 56.3 Å². The number of aryl methyl sites for hydroxylation is 2. The molecule has 2 aromatic carbocycles. The molecule has 4 aromatic rings. The molecule has 1 N–H and O–H groups in total. The van der Waals surface area contributed by atoms with E-state index >= 15 is 0 Å². The first-order valence-corrected chi connectivity index (χ1v) is 11.1. The number of fused-ring (bicyclic) bond motifs is 1. The van der Waals surface area contributed by atoms with Crippen molar-refractivity contribution in [2.45, 2.75) is 20.4 Å². The number of pyridine rings is 1. The largest absolute Gasteiger partial charge is 0.438 e. The number of nitriles is 1. The van der Waals surface area contributed by atoms with E-state index < -0.39 is 11.5 Å². The second-order valence-corrected chi connectivity index (χ2v) is 8.28. The Morgan fingerprint density at radius 1 is 1.14 bits per heavy atom. The monoisotopic (exact) mass is 484 g/mol. The highest BCUT2D eigenvalue weighted by atomic mass is 35.5. The molecule has 2 heterocycles. The smallest absolute Gasteiger partial charge is 0.269 e. The molecular formula is C27H21ClN4O3. The number of amides is 1. The topological polar surface area (TPSA) is 96.5 Å². The van der Waals surface area contributed by atoms with Gasteiger partial charge in [-0.15, -0.1) is 0 Å². The van der Waals surface area contributed by atoms with Gasteiger partial charge >= 0.3 is 0 Å². The Morgan fingerprint density at radius 3 is 2.63 bits per heavy atom. The normalized spacial score (nSPS) is 11.2. The van der Waals surface area contributed by atoms with E-state index in [0.29, 0.717) is 16.4 Å². The highest BCUT2D eigenvalue weighted by Crippen LogP contribution is 2.28. The van der Waals surface area contributed by atoms with Gasteiger partial charge in [-0.25, -0.2) is 0 Å². The predicted octanol–water partition coefficient (Wildman–Crippen LogP) is 4.98. The summed E-state index contributed by atoms with van der Waals surface area (Å²) in [6.45, 7) is 3.89. The van der Waals surface area contributed by atoms with Crippen LogP contribution in [0, 0.1) is 25.2 Å². The molecule has 0 aliphatic carbocycles. The van der Waals surface area contributed by atoms with Crippen LogP contribution in [0.5, 0.6) is 11.6 Å². The van der Waals surface area contributed by atoms with E-state index in [1.54, 1.807) is 30.5 Å². The lowest BCUT2D eigenvalue weighted by atomic mass is 10.1. The van der Waals surface area contributed by atoms with Crippen LogP contribution in [-0.2, 0) is 11.3 Å². The zero-order valence-electron chi connectivity index (χ0n) is 19.1. The zero-order valence-corrected chi connectivity index (χ0v) is 19.8. The molecule has 0 unspecified atom stereocenters. The van der Waals surface area contributed by atoms with Crippen LogP contribution in [-0.4, -0.2) is 15.3 Å². The molecule has 0 atom stereocenters. The maximum absolute atomic E-state index is 13.4. The Bertz CT molecular complexity index is 1550. The molecule has 0 aliphatic heterocycles. The van der Waals surface area contributed by atoms with Gasteiger partial charge in [0.1, 0.15) is 28.6 Å². The highest BCUT2D eigenvalue weighted by molar-refractivity contribution is 6.31. The third kappa shape index (κ3) is 5.24. The SMILES string of the molecule is Cc1cc(Oc2nc3c(C)cccn3c(=O)c2C=C(C#N)C(=O)NCc2ccccc2)ccc1Cl. The standard InChI is InChI=1S/C27H21ClN4O3/c1-17-7-6-12-32-24(17)31-26(35-21-10-11-23(28)18(2)13-21)22(27(32)34)14-20(15-29)25(33)30-16-19-8-4-3-5-9-19/h3-14H,16H2,1-2H3,(H,30,33). The van der Waals surface area contributed by atoms with E-state index in [9.17, 15) is 14.9 Å². The van der Waals surface area contributed by atoms with Crippen molar-refractivity contribution >= 4 is 29.2 Å². The Labute approximate surface area is 206 Å². The van der Waals surface area contributed by atoms with Gasteiger partial charge in [0.15, 0.2) is 0 Å². The molecule has 0 fully saturated rings. The molecular weight excluding hydrogens is 464 g/mol. The summed E-state index contributed by atoms with van der Waals surface area (Å²) in [5, 5.41) is 13.0. The molecule has 35 heavy (non-hydrogen) atoms. The molecule has 7 nitrogen and oxygen atoms in total. The number of aromatic nitrogens is 2. The van der Waals surface area contributed by atoms with Gasteiger partial charge in [0, 0.05) is 17.8 Å². The van der Waals surface area contributed by atoms with Crippen molar-refractivity contribution in [1.29, 1.82) is 5.26 Å². The predicted molar refractivity (Wildman–Crippen MR) is 134 cm³/mol. The third-order valence-electron chi connectivity index (χ3n) is 5.34. The molecule has 4 rings (SSSR count). The quantitative estimate of drug-likeness (QED) is 0.307. The first-order chi connectivity index (χ1) is 16.9. The van der Waals surface area contributed by atoms with Crippen molar-refractivity contribution in [3.05, 3.63) is 110 Å². The van der Waals surface area contributed by atoms with Crippen LogP contribution in [0.4, 0.5) is 0 Å². The van der Waals surface area contributed by atoms with Crippen molar-refractivity contribution in [2.75, 3.05) is 0 Å². The molecule has 0 radical (unpaired) electrons. The Balaban J connectivity index is 1.78. The van der Waals surface area contributed by atoms with Gasteiger partial charge in [-0.3, -0.25) is 14.0 Å². The number of benzene rings is 2. The lowest BCUT2D eigenvalue weighted by Crippen LogP contribution is -2.25. The lowest BCUT2D eigenvalue weighted by Gasteiger charge is -2.12. The number of nitrogens with zero attached hydrogens (tertiary/aromatic N) is 3. The Morgan fingerprint density at radius 2 is 1.91 bits per heavy atom. The molecule has 8 heteroatoms. The second-order valence-electron chi connectivity index (χ2n) is 7.87. The summed E-state index contributed by atoms with van der Waals surface area (Å²) in [7, 11) is 0. The summed E-state index contributed by atoms with van der Waals surface area (Å²) < 4.78 is 7.33. The molecule has 0 saturated heterocycles. The summed E-state index contributed by atoms with van der Waals surface area (Å²) in [6.07, 6.45) is 2.79. The molecule has 0 spiro atoms. The van der Waals surface area contributed by atoms with Gasteiger partial charge in [-0.1, -0.05) is 48.0 Å². The summed E-state index contributed by atoms with van der Waals surface area (Å²) in [5.74, 6) is -0.216. The van der Waals surface area contributed by atoms with E-state index in [0.717, 1.165) is 16.7 Å². The van der Waals surface area contributed by atoms with Crippen molar-refractivity contribution in [3.8, 4) is 17.7 Å². The number of ether oxygens (including phenoxy) is 1. The van der Waals surface area contributed by atoms with Gasteiger partial charge < -0.3 is 10.1 Å².